The molecule has 20 heavy (non-hydrogen) atoms. The highest BCUT2D eigenvalue weighted by Crippen LogP contribution is 2.30. The smallest absolute Gasteiger partial charge is 0.263 e. The quantitative estimate of drug-likeness (QED) is 0.921. The zero-order chi connectivity index (χ0) is 14.1. The minimum atomic E-state index is 0.172. The normalized spacial score (nSPS) is 15.6. The number of likely N-dealkylation sites (tertiary alicyclic amines) is 1. The molecule has 1 N–H and O–H groups in total. The molecule has 5 heteroatoms. The van der Waals surface area contributed by atoms with Gasteiger partial charge in [0, 0.05) is 18.8 Å². The minimum absolute atomic E-state index is 0.172. The van der Waals surface area contributed by atoms with Gasteiger partial charge in [-0.3, -0.25) is 9.89 Å². The molecule has 1 aliphatic rings. The fourth-order valence-electron chi connectivity index (χ4n) is 2.56. The number of aromatic nitrogens is 2. The van der Waals surface area contributed by atoms with Crippen LogP contribution in [0.3, 0.4) is 0 Å². The first kappa shape index (κ1) is 13.4. The summed E-state index contributed by atoms with van der Waals surface area (Å²) in [4.78, 5) is 16.3. The van der Waals surface area contributed by atoms with E-state index in [1.54, 1.807) is 11.3 Å². The number of aryl methyl sites for hydroxylation is 1. The summed E-state index contributed by atoms with van der Waals surface area (Å²) in [5, 5.41) is 7.33. The molecule has 0 aromatic carbocycles. The number of hydrogen-bond donors (Lipinski definition) is 1. The maximum atomic E-state index is 12.4. The predicted octanol–water partition coefficient (Wildman–Crippen LogP) is 3.38. The van der Waals surface area contributed by atoms with Crippen LogP contribution in [0, 0.1) is 13.8 Å². The van der Waals surface area contributed by atoms with Crippen LogP contribution in [0.25, 0.3) is 10.6 Å². The van der Waals surface area contributed by atoms with Crippen molar-refractivity contribution in [3.8, 4) is 10.6 Å². The third-order valence-corrected chi connectivity index (χ3v) is 5.03. The van der Waals surface area contributed by atoms with Crippen LogP contribution in [0.15, 0.2) is 12.1 Å². The van der Waals surface area contributed by atoms with Gasteiger partial charge in [-0.25, -0.2) is 0 Å². The van der Waals surface area contributed by atoms with E-state index in [9.17, 15) is 4.79 Å². The van der Waals surface area contributed by atoms with Crippen LogP contribution < -0.4 is 0 Å². The number of thiophene rings is 1. The van der Waals surface area contributed by atoms with E-state index in [0.29, 0.717) is 0 Å². The Labute approximate surface area is 122 Å². The van der Waals surface area contributed by atoms with E-state index in [2.05, 4.69) is 17.1 Å². The lowest BCUT2D eigenvalue weighted by Gasteiger charge is -2.26. The molecule has 3 rings (SSSR count). The highest BCUT2D eigenvalue weighted by Gasteiger charge is 2.20. The van der Waals surface area contributed by atoms with Gasteiger partial charge in [0.1, 0.15) is 5.69 Å². The summed E-state index contributed by atoms with van der Waals surface area (Å²) in [6.07, 6.45) is 3.49. The Balaban J connectivity index is 1.83. The summed E-state index contributed by atoms with van der Waals surface area (Å²) in [6.45, 7) is 5.86. The van der Waals surface area contributed by atoms with Crippen LogP contribution in [-0.4, -0.2) is 34.1 Å². The molecule has 2 aromatic heterocycles. The van der Waals surface area contributed by atoms with Crippen molar-refractivity contribution in [2.75, 3.05) is 13.1 Å². The van der Waals surface area contributed by atoms with Crippen molar-refractivity contribution in [1.82, 2.24) is 15.1 Å². The molecule has 1 saturated heterocycles. The monoisotopic (exact) mass is 289 g/mol. The lowest BCUT2D eigenvalue weighted by atomic mass is 10.1. The average molecular weight is 289 g/mol. The maximum Gasteiger partial charge on any atom is 0.263 e. The fourth-order valence-corrected chi connectivity index (χ4v) is 3.58. The fraction of sp³-hybridized carbons (Fsp3) is 0.467. The molecule has 3 heterocycles. The average Bonchev–Trinajstić information content (AvgIpc) is 3.08. The van der Waals surface area contributed by atoms with Crippen molar-refractivity contribution in [1.29, 1.82) is 0 Å². The first-order valence-electron chi connectivity index (χ1n) is 7.08. The Bertz CT molecular complexity index is 623. The topological polar surface area (TPSA) is 49.0 Å². The first-order valence-corrected chi connectivity index (χ1v) is 7.89. The summed E-state index contributed by atoms with van der Waals surface area (Å²) in [6, 6.07) is 3.94. The molecule has 1 aliphatic heterocycles. The largest absolute Gasteiger partial charge is 0.338 e. The van der Waals surface area contributed by atoms with Gasteiger partial charge >= 0.3 is 0 Å². The lowest BCUT2D eigenvalue weighted by Crippen LogP contribution is -2.35. The van der Waals surface area contributed by atoms with Gasteiger partial charge in [-0.15, -0.1) is 11.3 Å². The van der Waals surface area contributed by atoms with Gasteiger partial charge in [0.25, 0.3) is 5.91 Å². The van der Waals surface area contributed by atoms with E-state index in [4.69, 9.17) is 0 Å². The number of carbonyl (C=O) groups excluding carboxylic acids is 1. The van der Waals surface area contributed by atoms with E-state index in [0.717, 1.165) is 52.6 Å². The summed E-state index contributed by atoms with van der Waals surface area (Å²) in [5.41, 5.74) is 3.20. The molecule has 0 bridgehead atoms. The highest BCUT2D eigenvalue weighted by molar-refractivity contribution is 7.17. The second kappa shape index (κ2) is 5.40. The molecule has 0 atom stereocenters. The van der Waals surface area contributed by atoms with Crippen LogP contribution in [0.4, 0.5) is 0 Å². The maximum absolute atomic E-state index is 12.4. The van der Waals surface area contributed by atoms with Crippen molar-refractivity contribution < 1.29 is 4.79 Å². The molecule has 1 fully saturated rings. The molecule has 0 radical (unpaired) electrons. The summed E-state index contributed by atoms with van der Waals surface area (Å²) >= 11 is 1.54. The van der Waals surface area contributed by atoms with Crippen molar-refractivity contribution in [2.45, 2.75) is 33.1 Å². The molecule has 4 nitrogen and oxygen atoms in total. The van der Waals surface area contributed by atoms with Crippen LogP contribution >= 0.6 is 11.3 Å². The summed E-state index contributed by atoms with van der Waals surface area (Å²) in [5.74, 6) is 0.172. The van der Waals surface area contributed by atoms with E-state index in [-0.39, 0.29) is 5.91 Å². The standard InChI is InChI=1S/C15H19N3OS/c1-10-11(2)16-17-14(10)12-6-7-13(20-12)15(19)18-8-4-3-5-9-18/h6-7H,3-5,8-9H2,1-2H3,(H,16,17). The summed E-state index contributed by atoms with van der Waals surface area (Å²) < 4.78 is 0. The molecular weight excluding hydrogens is 270 g/mol. The molecule has 0 aliphatic carbocycles. The van der Waals surface area contributed by atoms with Gasteiger partial charge in [0.15, 0.2) is 0 Å². The Morgan fingerprint density at radius 3 is 2.65 bits per heavy atom. The molecule has 0 spiro atoms. The number of piperidine rings is 1. The minimum Gasteiger partial charge on any atom is -0.338 e. The molecule has 0 saturated carbocycles. The van der Waals surface area contributed by atoms with Crippen molar-refractivity contribution in [3.05, 3.63) is 28.3 Å². The number of hydrogen-bond acceptors (Lipinski definition) is 3. The van der Waals surface area contributed by atoms with E-state index < -0.39 is 0 Å². The van der Waals surface area contributed by atoms with Crippen molar-refractivity contribution in [3.63, 3.8) is 0 Å². The van der Waals surface area contributed by atoms with Gasteiger partial charge in [-0.1, -0.05) is 0 Å². The SMILES string of the molecule is Cc1[nH]nc(-c2ccc(C(=O)N3CCCCC3)s2)c1C. The first-order chi connectivity index (χ1) is 9.66. The number of aromatic amines is 1. The van der Waals surface area contributed by atoms with E-state index in [1.807, 2.05) is 24.0 Å². The lowest BCUT2D eigenvalue weighted by molar-refractivity contribution is 0.0729. The van der Waals surface area contributed by atoms with Gasteiger partial charge in [-0.05, 0) is 50.8 Å². The third kappa shape index (κ3) is 2.38. The van der Waals surface area contributed by atoms with Gasteiger partial charge in [0.05, 0.1) is 9.75 Å². The highest BCUT2D eigenvalue weighted by atomic mass is 32.1. The Morgan fingerprint density at radius 2 is 2.00 bits per heavy atom. The zero-order valence-electron chi connectivity index (χ0n) is 11.9. The van der Waals surface area contributed by atoms with E-state index in [1.165, 1.54) is 6.42 Å². The third-order valence-electron chi connectivity index (χ3n) is 3.95. The Morgan fingerprint density at radius 1 is 1.25 bits per heavy atom. The number of nitrogens with zero attached hydrogens (tertiary/aromatic N) is 2. The summed E-state index contributed by atoms with van der Waals surface area (Å²) in [7, 11) is 0. The van der Waals surface area contributed by atoms with Crippen LogP contribution in [0.1, 0.15) is 40.2 Å². The number of nitrogens with one attached hydrogen (secondary N) is 1. The zero-order valence-corrected chi connectivity index (χ0v) is 12.7. The van der Waals surface area contributed by atoms with Crippen molar-refractivity contribution >= 4 is 17.2 Å². The number of amides is 1. The second-order valence-corrected chi connectivity index (χ2v) is 6.42. The van der Waals surface area contributed by atoms with E-state index >= 15 is 0 Å². The number of carbonyl (C=O) groups is 1. The molecular formula is C15H19N3OS. The van der Waals surface area contributed by atoms with Gasteiger partial charge < -0.3 is 4.90 Å². The second-order valence-electron chi connectivity index (χ2n) is 5.34. The molecule has 0 unspecified atom stereocenters. The Hall–Kier alpha value is -1.62. The van der Waals surface area contributed by atoms with Gasteiger partial charge in [-0.2, -0.15) is 5.10 Å². The number of rotatable bonds is 2. The van der Waals surface area contributed by atoms with Crippen LogP contribution in [0.2, 0.25) is 0 Å². The molecule has 106 valence electrons. The van der Waals surface area contributed by atoms with Crippen molar-refractivity contribution in [2.24, 2.45) is 0 Å². The van der Waals surface area contributed by atoms with Crippen LogP contribution in [-0.2, 0) is 0 Å². The van der Waals surface area contributed by atoms with Gasteiger partial charge in [0.2, 0.25) is 0 Å². The Kier molecular flexibility index (Phi) is 3.61. The predicted molar refractivity (Wildman–Crippen MR) is 81.1 cm³/mol. The molecule has 2 aromatic rings. The number of H-pyrrole nitrogens is 1. The van der Waals surface area contributed by atoms with Crippen LogP contribution in [0.5, 0.6) is 0 Å². The molecule has 1 amide bonds.